The summed E-state index contributed by atoms with van der Waals surface area (Å²) in [5, 5.41) is 4.35. The lowest BCUT2D eigenvalue weighted by Crippen LogP contribution is -2.49. The third kappa shape index (κ3) is 6.12. The largest absolute Gasteiger partial charge is 0.492 e. The molecule has 4 N–H and O–H groups in total. The highest BCUT2D eigenvalue weighted by molar-refractivity contribution is 7.89. The van der Waals surface area contributed by atoms with Crippen LogP contribution in [0, 0.1) is 0 Å². The van der Waals surface area contributed by atoms with Crippen LogP contribution in [0.4, 0.5) is 5.69 Å². The molecular formula is C24H34Cl3N3O3S. The summed E-state index contributed by atoms with van der Waals surface area (Å²) in [5.74, 6) is 0.897. The zero-order valence-electron chi connectivity index (χ0n) is 19.3. The van der Waals surface area contributed by atoms with E-state index in [9.17, 15) is 8.42 Å². The van der Waals surface area contributed by atoms with Crippen LogP contribution in [0.3, 0.4) is 0 Å². The average molecular weight is 551 g/mol. The second-order valence-corrected chi connectivity index (χ2v) is 11.1. The number of fused-ring (bicyclic) bond motifs is 1. The predicted octanol–water partition coefficient (Wildman–Crippen LogP) is 4.78. The molecule has 0 aromatic heterocycles. The first-order valence-corrected chi connectivity index (χ1v) is 13.4. The minimum Gasteiger partial charge on any atom is -0.492 e. The smallest absolute Gasteiger partial charge is 0.211 e. The number of rotatable bonds is 9. The monoisotopic (exact) mass is 549 g/mol. The molecule has 0 radical (unpaired) electrons. The minimum atomic E-state index is -3.22. The highest BCUT2D eigenvalue weighted by Gasteiger charge is 2.47. The van der Waals surface area contributed by atoms with Gasteiger partial charge in [-0.1, -0.05) is 37.1 Å². The Labute approximate surface area is 220 Å². The van der Waals surface area contributed by atoms with Gasteiger partial charge in [0.25, 0.3) is 0 Å². The summed E-state index contributed by atoms with van der Waals surface area (Å²) < 4.78 is 32.1. The molecule has 1 heterocycles. The number of benzene rings is 2. The third-order valence-electron chi connectivity index (χ3n) is 6.71. The standard InChI is InChI=1S/C24H32ClN3O3S.2ClH/c1-2-14-32(29,30)28-12-13-31-19-6-4-17-8-11-27-23(20(17)16-19)24(9-3-10-24)18-5-7-21(25)22(26)15-18;;/h4-7,15-16,23,27-28H,2-3,8-14,26H2,1H3;2*1H. The Hall–Kier alpha value is -1.22. The van der Waals surface area contributed by atoms with Gasteiger partial charge in [-0.3, -0.25) is 0 Å². The van der Waals surface area contributed by atoms with Crippen molar-refractivity contribution >= 4 is 52.1 Å². The third-order valence-corrected chi connectivity index (χ3v) is 8.64. The van der Waals surface area contributed by atoms with E-state index in [4.69, 9.17) is 22.1 Å². The lowest BCUT2D eigenvalue weighted by Gasteiger charge is -2.50. The quantitative estimate of drug-likeness (QED) is 0.309. The maximum atomic E-state index is 11.8. The molecule has 2 aliphatic rings. The molecule has 0 bridgehead atoms. The molecule has 6 nitrogen and oxygen atoms in total. The molecule has 1 aliphatic carbocycles. The Morgan fingerprint density at radius 1 is 1.21 bits per heavy atom. The number of halogens is 3. The van der Waals surface area contributed by atoms with Crippen molar-refractivity contribution in [2.24, 2.45) is 0 Å². The average Bonchev–Trinajstić information content (AvgIpc) is 2.73. The molecular weight excluding hydrogens is 517 g/mol. The zero-order valence-corrected chi connectivity index (χ0v) is 22.5. The molecule has 10 heteroatoms. The Kier molecular flexibility index (Phi) is 10.4. The van der Waals surface area contributed by atoms with E-state index in [-0.39, 0.29) is 48.6 Å². The molecule has 1 unspecified atom stereocenters. The fourth-order valence-corrected chi connectivity index (χ4v) is 6.17. The maximum Gasteiger partial charge on any atom is 0.211 e. The van der Waals surface area contributed by atoms with E-state index in [0.29, 0.717) is 23.7 Å². The molecule has 1 fully saturated rings. The molecule has 1 atom stereocenters. The summed E-state index contributed by atoms with van der Waals surface area (Å²) in [6.07, 6.45) is 4.94. The molecule has 0 amide bonds. The van der Waals surface area contributed by atoms with Crippen LogP contribution in [0.15, 0.2) is 36.4 Å². The van der Waals surface area contributed by atoms with E-state index in [1.165, 1.54) is 23.1 Å². The van der Waals surface area contributed by atoms with Crippen molar-refractivity contribution in [2.75, 3.05) is 31.2 Å². The van der Waals surface area contributed by atoms with E-state index < -0.39 is 10.0 Å². The van der Waals surface area contributed by atoms with Crippen molar-refractivity contribution in [2.45, 2.75) is 50.5 Å². The van der Waals surface area contributed by atoms with Crippen LogP contribution in [-0.4, -0.2) is 33.9 Å². The van der Waals surface area contributed by atoms with Gasteiger partial charge in [0.15, 0.2) is 0 Å². The first kappa shape index (κ1) is 29.0. The summed E-state index contributed by atoms with van der Waals surface area (Å²) >= 11 is 6.19. The maximum absolute atomic E-state index is 11.8. The van der Waals surface area contributed by atoms with Gasteiger partial charge in [-0.05, 0) is 73.2 Å². The lowest BCUT2D eigenvalue weighted by molar-refractivity contribution is 0.164. The molecule has 0 spiro atoms. The van der Waals surface area contributed by atoms with Gasteiger partial charge in [0.05, 0.1) is 16.5 Å². The van der Waals surface area contributed by atoms with Gasteiger partial charge in [-0.2, -0.15) is 0 Å². The van der Waals surface area contributed by atoms with Crippen molar-refractivity contribution < 1.29 is 13.2 Å². The van der Waals surface area contributed by atoms with E-state index in [1.807, 2.05) is 25.1 Å². The van der Waals surface area contributed by atoms with Crippen LogP contribution < -0.4 is 20.5 Å². The van der Waals surface area contributed by atoms with Gasteiger partial charge >= 0.3 is 0 Å². The molecule has 34 heavy (non-hydrogen) atoms. The van der Waals surface area contributed by atoms with Crippen LogP contribution in [0.5, 0.6) is 5.75 Å². The molecule has 190 valence electrons. The van der Waals surface area contributed by atoms with Crippen molar-refractivity contribution in [1.82, 2.24) is 10.0 Å². The number of nitrogens with two attached hydrogens (primary N) is 1. The lowest BCUT2D eigenvalue weighted by atomic mass is 9.58. The summed E-state index contributed by atoms with van der Waals surface area (Å²) in [5.41, 5.74) is 10.6. The van der Waals surface area contributed by atoms with Crippen LogP contribution >= 0.6 is 36.4 Å². The molecule has 2 aromatic carbocycles. The van der Waals surface area contributed by atoms with Gasteiger partial charge in [-0.25, -0.2) is 13.1 Å². The first-order valence-electron chi connectivity index (χ1n) is 11.4. The Morgan fingerprint density at radius 3 is 2.62 bits per heavy atom. The van der Waals surface area contributed by atoms with Crippen molar-refractivity contribution in [3.8, 4) is 5.75 Å². The molecule has 1 saturated carbocycles. The Balaban J connectivity index is 0.00000204. The highest BCUT2D eigenvalue weighted by Crippen LogP contribution is 2.54. The van der Waals surface area contributed by atoms with E-state index in [1.54, 1.807) is 0 Å². The van der Waals surface area contributed by atoms with Gasteiger partial charge in [0, 0.05) is 18.0 Å². The number of nitrogens with one attached hydrogen (secondary N) is 2. The van der Waals surface area contributed by atoms with E-state index >= 15 is 0 Å². The number of hydrogen-bond acceptors (Lipinski definition) is 5. The predicted molar refractivity (Wildman–Crippen MR) is 144 cm³/mol. The number of hydrogen-bond donors (Lipinski definition) is 3. The van der Waals surface area contributed by atoms with Crippen LogP contribution in [0.2, 0.25) is 5.02 Å². The molecule has 0 saturated heterocycles. The Bertz CT molecular complexity index is 1080. The molecule has 2 aromatic rings. The number of anilines is 1. The summed E-state index contributed by atoms with van der Waals surface area (Å²) in [4.78, 5) is 0. The number of ether oxygens (including phenoxy) is 1. The fourth-order valence-electron chi connectivity index (χ4n) is 4.98. The zero-order chi connectivity index (χ0) is 22.8. The highest BCUT2D eigenvalue weighted by atomic mass is 35.5. The first-order chi connectivity index (χ1) is 15.3. The topological polar surface area (TPSA) is 93.5 Å². The van der Waals surface area contributed by atoms with Gasteiger partial charge < -0.3 is 15.8 Å². The second-order valence-electron chi connectivity index (χ2n) is 8.81. The summed E-state index contributed by atoms with van der Waals surface area (Å²) in [6, 6.07) is 12.4. The van der Waals surface area contributed by atoms with E-state index in [2.05, 4.69) is 28.2 Å². The normalized spacial score (nSPS) is 18.6. The van der Waals surface area contributed by atoms with Gasteiger partial charge in [0.1, 0.15) is 12.4 Å². The van der Waals surface area contributed by atoms with Crippen molar-refractivity contribution in [1.29, 1.82) is 0 Å². The SMILES string of the molecule is CCCS(=O)(=O)NCCOc1ccc2c(c1)C(C1(c3ccc(Cl)c(N)c3)CCC1)NCC2.Cl.Cl. The minimum absolute atomic E-state index is 0. The fraction of sp³-hybridized carbons (Fsp3) is 0.500. The van der Waals surface area contributed by atoms with Gasteiger partial charge in [-0.15, -0.1) is 24.8 Å². The van der Waals surface area contributed by atoms with Crippen LogP contribution in [-0.2, 0) is 21.9 Å². The van der Waals surface area contributed by atoms with Gasteiger partial charge in [0.2, 0.25) is 10.0 Å². The van der Waals surface area contributed by atoms with E-state index in [0.717, 1.165) is 31.6 Å². The Morgan fingerprint density at radius 2 is 1.97 bits per heavy atom. The number of sulfonamides is 1. The van der Waals surface area contributed by atoms with Crippen molar-refractivity contribution in [3.05, 3.63) is 58.1 Å². The summed E-state index contributed by atoms with van der Waals surface area (Å²) in [6.45, 7) is 3.33. The number of nitrogen functional groups attached to an aromatic ring is 1. The molecule has 4 rings (SSSR count). The van der Waals surface area contributed by atoms with Crippen LogP contribution in [0.25, 0.3) is 0 Å². The second kappa shape index (κ2) is 12.2. The van der Waals surface area contributed by atoms with Crippen LogP contribution in [0.1, 0.15) is 55.3 Å². The van der Waals surface area contributed by atoms with Crippen molar-refractivity contribution in [3.63, 3.8) is 0 Å². The molecule has 1 aliphatic heterocycles. The summed E-state index contributed by atoms with van der Waals surface area (Å²) in [7, 11) is -3.22.